The normalized spacial score (nSPS) is 11.0. The monoisotopic (exact) mass is 336 g/mol. The van der Waals surface area contributed by atoms with Crippen molar-refractivity contribution in [3.63, 3.8) is 0 Å². The molecule has 0 radical (unpaired) electrons. The smallest absolute Gasteiger partial charge is 0.257 e. The van der Waals surface area contributed by atoms with Gasteiger partial charge in [-0.3, -0.25) is 10.1 Å². The van der Waals surface area contributed by atoms with Crippen molar-refractivity contribution < 1.29 is 9.53 Å². The van der Waals surface area contributed by atoms with E-state index < -0.39 is 0 Å². The van der Waals surface area contributed by atoms with Crippen LogP contribution in [0.2, 0.25) is 0 Å². The SMILES string of the molecule is CCCCCCOc1ccc(C(=O)NC(=S)NC(C)(C)C)cc1. The number of unbranched alkanes of at least 4 members (excludes halogenated alkanes) is 3. The number of rotatable bonds is 7. The molecule has 0 saturated carbocycles. The van der Waals surface area contributed by atoms with Crippen LogP contribution in [-0.4, -0.2) is 23.2 Å². The van der Waals surface area contributed by atoms with E-state index in [4.69, 9.17) is 17.0 Å². The van der Waals surface area contributed by atoms with Gasteiger partial charge in [-0.25, -0.2) is 0 Å². The Morgan fingerprint density at radius 3 is 2.35 bits per heavy atom. The summed E-state index contributed by atoms with van der Waals surface area (Å²) in [4.78, 5) is 12.1. The van der Waals surface area contributed by atoms with Crippen molar-refractivity contribution in [3.05, 3.63) is 29.8 Å². The molecular weight excluding hydrogens is 308 g/mol. The molecule has 1 amide bonds. The highest BCUT2D eigenvalue weighted by Gasteiger charge is 2.13. The Morgan fingerprint density at radius 2 is 1.78 bits per heavy atom. The number of carbonyl (C=O) groups excluding carboxylic acids is 1. The first-order chi connectivity index (χ1) is 10.8. The molecule has 5 heteroatoms. The van der Waals surface area contributed by atoms with Gasteiger partial charge in [0.25, 0.3) is 5.91 Å². The van der Waals surface area contributed by atoms with Gasteiger partial charge in [-0.2, -0.15) is 0 Å². The average Bonchev–Trinajstić information content (AvgIpc) is 2.45. The Bertz CT molecular complexity index is 507. The lowest BCUT2D eigenvalue weighted by Gasteiger charge is -2.22. The Kier molecular flexibility index (Phi) is 8.03. The predicted molar refractivity (Wildman–Crippen MR) is 99.0 cm³/mol. The maximum Gasteiger partial charge on any atom is 0.257 e. The Balaban J connectivity index is 2.43. The van der Waals surface area contributed by atoms with Crippen LogP contribution in [0, 0.1) is 0 Å². The molecule has 0 aliphatic carbocycles. The van der Waals surface area contributed by atoms with Crippen LogP contribution in [0.3, 0.4) is 0 Å². The highest BCUT2D eigenvalue weighted by atomic mass is 32.1. The minimum atomic E-state index is -0.221. The first-order valence-electron chi connectivity index (χ1n) is 8.18. The maximum atomic E-state index is 12.1. The van der Waals surface area contributed by atoms with Crippen LogP contribution in [-0.2, 0) is 0 Å². The maximum absolute atomic E-state index is 12.1. The minimum absolute atomic E-state index is 0.181. The third-order valence-electron chi connectivity index (χ3n) is 3.10. The Morgan fingerprint density at radius 1 is 1.13 bits per heavy atom. The molecule has 1 aromatic rings. The van der Waals surface area contributed by atoms with Crippen molar-refractivity contribution in [1.29, 1.82) is 0 Å². The van der Waals surface area contributed by atoms with Crippen molar-refractivity contribution in [2.45, 2.75) is 58.9 Å². The Hall–Kier alpha value is -1.62. The molecule has 23 heavy (non-hydrogen) atoms. The number of thiocarbonyl (C=S) groups is 1. The molecule has 0 aliphatic rings. The summed E-state index contributed by atoms with van der Waals surface area (Å²) in [5.74, 6) is 0.565. The largest absolute Gasteiger partial charge is 0.494 e. The molecule has 0 aromatic heterocycles. The second kappa shape index (κ2) is 9.50. The average molecular weight is 337 g/mol. The van der Waals surface area contributed by atoms with E-state index in [9.17, 15) is 4.79 Å². The predicted octanol–water partition coefficient (Wildman–Crippen LogP) is 4.05. The van der Waals surface area contributed by atoms with Gasteiger partial charge in [0.15, 0.2) is 5.11 Å². The van der Waals surface area contributed by atoms with Crippen LogP contribution in [0.25, 0.3) is 0 Å². The van der Waals surface area contributed by atoms with Crippen molar-refractivity contribution in [1.82, 2.24) is 10.6 Å². The first-order valence-corrected chi connectivity index (χ1v) is 8.59. The number of hydrogen-bond donors (Lipinski definition) is 2. The van der Waals surface area contributed by atoms with E-state index in [0.717, 1.165) is 12.2 Å². The molecule has 2 N–H and O–H groups in total. The van der Waals surface area contributed by atoms with Gasteiger partial charge in [0, 0.05) is 11.1 Å². The van der Waals surface area contributed by atoms with Gasteiger partial charge >= 0.3 is 0 Å². The molecule has 0 aliphatic heterocycles. The van der Waals surface area contributed by atoms with Gasteiger partial charge in [-0.15, -0.1) is 0 Å². The van der Waals surface area contributed by atoms with Crippen molar-refractivity contribution in [2.75, 3.05) is 6.61 Å². The van der Waals surface area contributed by atoms with Crippen LogP contribution in [0.15, 0.2) is 24.3 Å². The fourth-order valence-corrected chi connectivity index (χ4v) is 2.37. The van der Waals surface area contributed by atoms with Gasteiger partial charge < -0.3 is 10.1 Å². The lowest BCUT2D eigenvalue weighted by Crippen LogP contribution is -2.48. The lowest BCUT2D eigenvalue weighted by atomic mass is 10.1. The van der Waals surface area contributed by atoms with E-state index in [2.05, 4.69) is 17.6 Å². The molecule has 0 bridgehead atoms. The van der Waals surface area contributed by atoms with Crippen LogP contribution >= 0.6 is 12.2 Å². The molecule has 4 nitrogen and oxygen atoms in total. The van der Waals surface area contributed by atoms with E-state index in [0.29, 0.717) is 17.3 Å². The standard InChI is InChI=1S/C18H28N2O2S/c1-5-6-7-8-13-22-15-11-9-14(10-12-15)16(21)19-17(23)20-18(2,3)4/h9-12H,5-8,13H2,1-4H3,(H2,19,20,21,23). The summed E-state index contributed by atoms with van der Waals surface area (Å²) in [5.41, 5.74) is 0.376. The summed E-state index contributed by atoms with van der Waals surface area (Å²) in [6.45, 7) is 8.85. The van der Waals surface area contributed by atoms with E-state index in [1.54, 1.807) is 12.1 Å². The molecule has 0 saturated heterocycles. The quantitative estimate of drug-likeness (QED) is 0.582. The minimum Gasteiger partial charge on any atom is -0.494 e. The van der Waals surface area contributed by atoms with E-state index in [1.165, 1.54) is 19.3 Å². The second-order valence-corrected chi connectivity index (χ2v) is 7.00. The third-order valence-corrected chi connectivity index (χ3v) is 3.30. The molecule has 0 atom stereocenters. The zero-order chi connectivity index (χ0) is 17.3. The number of nitrogens with one attached hydrogen (secondary N) is 2. The summed E-state index contributed by atoms with van der Waals surface area (Å²) in [6, 6.07) is 7.12. The van der Waals surface area contributed by atoms with Gasteiger partial charge in [-0.1, -0.05) is 26.2 Å². The second-order valence-electron chi connectivity index (χ2n) is 6.59. The molecule has 128 valence electrons. The lowest BCUT2D eigenvalue weighted by molar-refractivity contribution is 0.0976. The fourth-order valence-electron chi connectivity index (χ4n) is 1.97. The van der Waals surface area contributed by atoms with E-state index in [-0.39, 0.29) is 11.4 Å². The van der Waals surface area contributed by atoms with Gasteiger partial charge in [0.2, 0.25) is 0 Å². The van der Waals surface area contributed by atoms with Crippen LogP contribution in [0.1, 0.15) is 63.7 Å². The van der Waals surface area contributed by atoms with Gasteiger partial charge in [0.1, 0.15) is 5.75 Å². The van der Waals surface area contributed by atoms with Gasteiger partial charge in [-0.05, 0) is 63.7 Å². The van der Waals surface area contributed by atoms with E-state index in [1.807, 2.05) is 32.9 Å². The summed E-state index contributed by atoms with van der Waals surface area (Å²) < 4.78 is 5.66. The number of benzene rings is 1. The zero-order valence-corrected chi connectivity index (χ0v) is 15.4. The Labute approximate surface area is 145 Å². The number of ether oxygens (including phenoxy) is 1. The number of carbonyl (C=O) groups is 1. The van der Waals surface area contributed by atoms with Crippen LogP contribution in [0.4, 0.5) is 0 Å². The molecule has 1 rings (SSSR count). The zero-order valence-electron chi connectivity index (χ0n) is 14.6. The van der Waals surface area contributed by atoms with Crippen molar-refractivity contribution in [3.8, 4) is 5.75 Å². The third kappa shape index (κ3) is 8.55. The van der Waals surface area contributed by atoms with Crippen LogP contribution in [0.5, 0.6) is 5.75 Å². The molecular formula is C18H28N2O2S. The summed E-state index contributed by atoms with van der Waals surface area (Å²) in [6.07, 6.45) is 4.71. The van der Waals surface area contributed by atoms with Crippen molar-refractivity contribution in [2.24, 2.45) is 0 Å². The fraction of sp³-hybridized carbons (Fsp3) is 0.556. The van der Waals surface area contributed by atoms with E-state index >= 15 is 0 Å². The molecule has 0 spiro atoms. The summed E-state index contributed by atoms with van der Waals surface area (Å²) in [5, 5.41) is 6.06. The first kappa shape index (κ1) is 19.4. The number of hydrogen-bond acceptors (Lipinski definition) is 3. The number of amides is 1. The molecule has 0 fully saturated rings. The van der Waals surface area contributed by atoms with Crippen molar-refractivity contribution >= 4 is 23.2 Å². The van der Waals surface area contributed by atoms with Crippen LogP contribution < -0.4 is 15.4 Å². The van der Waals surface area contributed by atoms with Gasteiger partial charge in [0.05, 0.1) is 6.61 Å². The summed E-state index contributed by atoms with van der Waals surface area (Å²) in [7, 11) is 0. The molecule has 0 unspecified atom stereocenters. The topological polar surface area (TPSA) is 50.4 Å². The molecule has 1 aromatic carbocycles. The molecule has 0 heterocycles. The highest BCUT2D eigenvalue weighted by molar-refractivity contribution is 7.80. The highest BCUT2D eigenvalue weighted by Crippen LogP contribution is 2.13. The summed E-state index contributed by atoms with van der Waals surface area (Å²) >= 11 is 5.13.